The zero-order valence-corrected chi connectivity index (χ0v) is 8.93. The van der Waals surface area contributed by atoms with Crippen LogP contribution in [0.3, 0.4) is 0 Å². The minimum absolute atomic E-state index is 0.0841. The van der Waals surface area contributed by atoms with Crippen molar-refractivity contribution in [1.29, 1.82) is 0 Å². The molecule has 1 fully saturated rings. The smallest absolute Gasteiger partial charge is 0.0982 e. The van der Waals surface area contributed by atoms with Crippen molar-refractivity contribution in [2.24, 2.45) is 5.73 Å². The Morgan fingerprint density at radius 1 is 1.67 bits per heavy atom. The molecule has 0 aliphatic heterocycles. The fourth-order valence-electron chi connectivity index (χ4n) is 1.44. The van der Waals surface area contributed by atoms with Gasteiger partial charge in [0, 0.05) is 11.5 Å². The van der Waals surface area contributed by atoms with Gasteiger partial charge in [-0.3, -0.25) is 0 Å². The molecule has 1 saturated carbocycles. The standard InChI is InChI=1S/C8H9Cl2NS/c1-8(3-5(8)11)4-2-6(9)12-7(4)10/h2,5H,3,11H2,1H3. The van der Waals surface area contributed by atoms with Crippen molar-refractivity contribution >= 4 is 34.5 Å². The van der Waals surface area contributed by atoms with Crippen LogP contribution in [0.5, 0.6) is 0 Å². The molecule has 66 valence electrons. The lowest BCUT2D eigenvalue weighted by Crippen LogP contribution is -2.13. The molecule has 0 bridgehead atoms. The van der Waals surface area contributed by atoms with Gasteiger partial charge < -0.3 is 5.73 Å². The number of hydrogen-bond donors (Lipinski definition) is 1. The van der Waals surface area contributed by atoms with E-state index < -0.39 is 0 Å². The highest BCUT2D eigenvalue weighted by molar-refractivity contribution is 7.20. The van der Waals surface area contributed by atoms with E-state index in [2.05, 4.69) is 6.92 Å². The van der Waals surface area contributed by atoms with Gasteiger partial charge in [0.2, 0.25) is 0 Å². The molecule has 2 unspecified atom stereocenters. The Balaban J connectivity index is 2.41. The maximum atomic E-state index is 6.01. The van der Waals surface area contributed by atoms with Crippen LogP contribution in [0.25, 0.3) is 0 Å². The van der Waals surface area contributed by atoms with E-state index in [0.29, 0.717) is 0 Å². The van der Waals surface area contributed by atoms with Crippen LogP contribution in [-0.2, 0) is 5.41 Å². The molecule has 4 heteroatoms. The number of thiophene rings is 1. The Hall–Kier alpha value is 0.240. The molecule has 1 nitrogen and oxygen atoms in total. The summed E-state index contributed by atoms with van der Waals surface area (Å²) in [4.78, 5) is 0. The summed E-state index contributed by atoms with van der Waals surface area (Å²) < 4.78 is 1.53. The maximum absolute atomic E-state index is 6.01. The van der Waals surface area contributed by atoms with Gasteiger partial charge in [-0.25, -0.2) is 0 Å². The lowest BCUT2D eigenvalue weighted by Gasteiger charge is -2.06. The zero-order chi connectivity index (χ0) is 8.93. The molecule has 2 atom stereocenters. The zero-order valence-electron chi connectivity index (χ0n) is 6.60. The van der Waals surface area contributed by atoms with Crippen LogP contribution in [0.1, 0.15) is 18.9 Å². The summed E-state index contributed by atoms with van der Waals surface area (Å²) in [5, 5.41) is 0. The van der Waals surface area contributed by atoms with E-state index in [0.717, 1.165) is 20.7 Å². The normalized spacial score (nSPS) is 33.8. The summed E-state index contributed by atoms with van der Waals surface area (Å²) in [6.45, 7) is 2.13. The first-order valence-corrected chi connectivity index (χ1v) is 5.32. The van der Waals surface area contributed by atoms with Crippen LogP contribution < -0.4 is 5.73 Å². The van der Waals surface area contributed by atoms with Crippen LogP contribution in [-0.4, -0.2) is 6.04 Å². The predicted molar refractivity (Wildman–Crippen MR) is 54.3 cm³/mol. The third-order valence-corrected chi connectivity index (χ3v) is 4.06. The van der Waals surface area contributed by atoms with Crippen molar-refractivity contribution < 1.29 is 0 Å². The topological polar surface area (TPSA) is 26.0 Å². The number of nitrogens with two attached hydrogens (primary N) is 1. The van der Waals surface area contributed by atoms with Crippen LogP contribution in [0.4, 0.5) is 0 Å². The molecule has 2 rings (SSSR count). The van der Waals surface area contributed by atoms with Gasteiger partial charge in [0.05, 0.1) is 8.67 Å². The van der Waals surface area contributed by atoms with Gasteiger partial charge in [-0.15, -0.1) is 11.3 Å². The van der Waals surface area contributed by atoms with E-state index in [1.807, 2.05) is 6.07 Å². The van der Waals surface area contributed by atoms with Crippen molar-refractivity contribution in [3.8, 4) is 0 Å². The average Bonchev–Trinajstić information content (AvgIpc) is 2.37. The summed E-state index contributed by atoms with van der Waals surface area (Å²) in [6, 6.07) is 2.18. The largest absolute Gasteiger partial charge is 0.327 e. The van der Waals surface area contributed by atoms with Gasteiger partial charge in [0.15, 0.2) is 0 Å². The monoisotopic (exact) mass is 221 g/mol. The number of hydrogen-bond acceptors (Lipinski definition) is 2. The first-order valence-electron chi connectivity index (χ1n) is 3.75. The van der Waals surface area contributed by atoms with E-state index in [1.165, 1.54) is 11.3 Å². The Morgan fingerprint density at radius 3 is 2.58 bits per heavy atom. The van der Waals surface area contributed by atoms with E-state index in [1.54, 1.807) is 0 Å². The molecular formula is C8H9Cl2NS. The molecule has 0 aromatic carbocycles. The molecule has 1 aromatic rings. The molecular weight excluding hydrogens is 213 g/mol. The van der Waals surface area contributed by atoms with Crippen molar-refractivity contribution in [3.05, 3.63) is 20.3 Å². The van der Waals surface area contributed by atoms with Gasteiger partial charge in [-0.1, -0.05) is 30.1 Å². The molecule has 0 radical (unpaired) electrons. The second-order valence-electron chi connectivity index (χ2n) is 3.47. The number of rotatable bonds is 1. The highest BCUT2D eigenvalue weighted by Crippen LogP contribution is 2.51. The molecule has 0 saturated heterocycles. The van der Waals surface area contributed by atoms with Gasteiger partial charge >= 0.3 is 0 Å². The lowest BCUT2D eigenvalue weighted by molar-refractivity contribution is 0.745. The molecule has 1 aliphatic carbocycles. The van der Waals surface area contributed by atoms with E-state index in [-0.39, 0.29) is 11.5 Å². The molecule has 2 N–H and O–H groups in total. The van der Waals surface area contributed by atoms with Gasteiger partial charge in [-0.2, -0.15) is 0 Å². The fraction of sp³-hybridized carbons (Fsp3) is 0.500. The summed E-state index contributed by atoms with van der Waals surface area (Å²) >= 11 is 13.3. The SMILES string of the molecule is CC1(c2cc(Cl)sc2Cl)CC1N. The van der Waals surface area contributed by atoms with Gasteiger partial charge in [-0.05, 0) is 18.1 Å². The Kier molecular flexibility index (Phi) is 1.92. The molecule has 1 aromatic heterocycles. The number of halogens is 2. The quantitative estimate of drug-likeness (QED) is 0.776. The highest BCUT2D eigenvalue weighted by atomic mass is 35.5. The summed E-state index contributed by atoms with van der Waals surface area (Å²) in [6.07, 6.45) is 1.01. The third-order valence-electron chi connectivity index (χ3n) is 2.57. The van der Waals surface area contributed by atoms with Crippen LogP contribution in [0.15, 0.2) is 6.07 Å². The summed E-state index contributed by atoms with van der Waals surface area (Å²) in [7, 11) is 0. The Labute approximate surface area is 85.5 Å². The minimum atomic E-state index is 0.0841. The molecule has 1 heterocycles. The summed E-state index contributed by atoms with van der Waals surface area (Å²) in [5.41, 5.74) is 7.02. The van der Waals surface area contributed by atoms with Crippen LogP contribution >= 0.6 is 34.5 Å². The van der Waals surface area contributed by atoms with E-state index in [4.69, 9.17) is 28.9 Å². The Bertz CT molecular complexity index is 323. The highest BCUT2D eigenvalue weighted by Gasteiger charge is 2.50. The van der Waals surface area contributed by atoms with Crippen molar-refractivity contribution in [2.45, 2.75) is 24.8 Å². The first-order chi connectivity index (χ1) is 5.54. The predicted octanol–water partition coefficient (Wildman–Crippen LogP) is 3.04. The molecule has 12 heavy (non-hydrogen) atoms. The Morgan fingerprint density at radius 2 is 2.25 bits per heavy atom. The van der Waals surface area contributed by atoms with Crippen molar-refractivity contribution in [2.75, 3.05) is 0 Å². The molecule has 0 amide bonds. The summed E-state index contributed by atoms with van der Waals surface area (Å²) in [5.74, 6) is 0. The maximum Gasteiger partial charge on any atom is 0.0982 e. The van der Waals surface area contributed by atoms with Crippen LogP contribution in [0.2, 0.25) is 8.67 Å². The van der Waals surface area contributed by atoms with Crippen LogP contribution in [0, 0.1) is 0 Å². The van der Waals surface area contributed by atoms with E-state index in [9.17, 15) is 0 Å². The second kappa shape index (κ2) is 2.61. The third kappa shape index (κ3) is 1.18. The van der Waals surface area contributed by atoms with Crippen molar-refractivity contribution in [1.82, 2.24) is 0 Å². The average molecular weight is 222 g/mol. The second-order valence-corrected chi connectivity index (χ2v) is 5.75. The lowest BCUT2D eigenvalue weighted by atomic mass is 10.0. The minimum Gasteiger partial charge on any atom is -0.327 e. The van der Waals surface area contributed by atoms with Gasteiger partial charge in [0.25, 0.3) is 0 Å². The van der Waals surface area contributed by atoms with Crippen molar-refractivity contribution in [3.63, 3.8) is 0 Å². The fourth-order valence-corrected chi connectivity index (χ4v) is 3.17. The van der Waals surface area contributed by atoms with E-state index >= 15 is 0 Å². The molecule has 0 spiro atoms. The van der Waals surface area contributed by atoms with Gasteiger partial charge in [0.1, 0.15) is 0 Å². The molecule has 1 aliphatic rings. The first kappa shape index (κ1) is 8.82.